The third-order valence-electron chi connectivity index (χ3n) is 4.68. The molecule has 6 heteroatoms. The second-order valence-corrected chi connectivity index (χ2v) is 6.43. The number of rotatable bonds is 3. The van der Waals surface area contributed by atoms with Gasteiger partial charge in [-0.3, -0.25) is 9.48 Å². The van der Waals surface area contributed by atoms with E-state index < -0.39 is 0 Å². The first kappa shape index (κ1) is 15.1. The van der Waals surface area contributed by atoms with Gasteiger partial charge in [0, 0.05) is 12.7 Å². The molecule has 3 heterocycles. The molecule has 6 nitrogen and oxygen atoms in total. The smallest absolute Gasteiger partial charge is 0.258 e. The summed E-state index contributed by atoms with van der Waals surface area (Å²) in [6.07, 6.45) is 7.05. The van der Waals surface area contributed by atoms with Crippen LogP contribution in [0.4, 0.5) is 0 Å². The molecule has 24 heavy (non-hydrogen) atoms. The van der Waals surface area contributed by atoms with Crippen LogP contribution in [0.1, 0.15) is 35.2 Å². The van der Waals surface area contributed by atoms with Crippen molar-refractivity contribution in [3.63, 3.8) is 0 Å². The van der Waals surface area contributed by atoms with Gasteiger partial charge in [0.2, 0.25) is 6.79 Å². The molecule has 126 valence electrons. The Labute approximate surface area is 141 Å². The van der Waals surface area contributed by atoms with Crippen molar-refractivity contribution in [2.75, 3.05) is 13.3 Å². The molecule has 1 aromatic carbocycles. The van der Waals surface area contributed by atoms with Gasteiger partial charge in [0.1, 0.15) is 0 Å². The number of hydrogen-bond donors (Lipinski definition) is 0. The lowest BCUT2D eigenvalue weighted by Gasteiger charge is -2.36. The number of carbonyl (C=O) groups is 1. The zero-order chi connectivity index (χ0) is 16.5. The average molecular weight is 327 g/mol. The molecule has 1 amide bonds. The van der Waals surface area contributed by atoms with Crippen molar-refractivity contribution in [3.05, 3.63) is 41.7 Å². The zero-order valence-electron chi connectivity index (χ0n) is 13.8. The average Bonchev–Trinajstić information content (AvgIpc) is 3.23. The highest BCUT2D eigenvalue weighted by Crippen LogP contribution is 2.36. The Balaban J connectivity index is 1.58. The van der Waals surface area contributed by atoms with E-state index in [2.05, 4.69) is 5.10 Å². The Morgan fingerprint density at radius 2 is 2.25 bits per heavy atom. The number of amides is 1. The van der Waals surface area contributed by atoms with Crippen LogP contribution in [0.25, 0.3) is 0 Å². The molecular weight excluding hydrogens is 306 g/mol. The molecule has 0 N–H and O–H groups in total. The summed E-state index contributed by atoms with van der Waals surface area (Å²) in [4.78, 5) is 15.1. The van der Waals surface area contributed by atoms with Crippen molar-refractivity contribution >= 4 is 5.91 Å². The predicted molar refractivity (Wildman–Crippen MR) is 88.2 cm³/mol. The minimum Gasteiger partial charge on any atom is -0.454 e. The van der Waals surface area contributed by atoms with E-state index in [0.717, 1.165) is 37.9 Å². The van der Waals surface area contributed by atoms with Gasteiger partial charge in [-0.1, -0.05) is 6.07 Å². The molecule has 0 unspecified atom stereocenters. The van der Waals surface area contributed by atoms with Crippen molar-refractivity contribution in [1.82, 2.24) is 14.7 Å². The fraction of sp³-hybridized carbons (Fsp3) is 0.444. The van der Waals surface area contributed by atoms with Gasteiger partial charge in [-0.15, -0.1) is 0 Å². The molecule has 0 aliphatic carbocycles. The lowest BCUT2D eigenvalue weighted by atomic mass is 10.0. The van der Waals surface area contributed by atoms with Crippen molar-refractivity contribution in [2.24, 2.45) is 0 Å². The first-order chi connectivity index (χ1) is 11.7. The summed E-state index contributed by atoms with van der Waals surface area (Å²) in [6, 6.07) is 5.65. The molecule has 0 radical (unpaired) electrons. The van der Waals surface area contributed by atoms with Crippen LogP contribution in [0.15, 0.2) is 30.6 Å². The monoisotopic (exact) mass is 327 g/mol. The maximum Gasteiger partial charge on any atom is 0.258 e. The molecule has 2 aromatic rings. The van der Waals surface area contributed by atoms with E-state index in [1.807, 2.05) is 47.1 Å². The largest absolute Gasteiger partial charge is 0.454 e. The number of aryl methyl sites for hydroxylation is 1. The first-order valence-electron chi connectivity index (χ1n) is 8.41. The molecule has 1 atom stereocenters. The maximum atomic E-state index is 13.1. The van der Waals surface area contributed by atoms with Crippen LogP contribution in [0.5, 0.6) is 11.5 Å². The molecule has 0 spiro atoms. The van der Waals surface area contributed by atoms with Crippen molar-refractivity contribution in [1.29, 1.82) is 0 Å². The van der Waals surface area contributed by atoms with Crippen LogP contribution in [0.3, 0.4) is 0 Å². The van der Waals surface area contributed by atoms with Gasteiger partial charge in [0.25, 0.3) is 5.91 Å². The minimum absolute atomic E-state index is 0.0194. The molecule has 2 aliphatic rings. The van der Waals surface area contributed by atoms with Crippen LogP contribution in [-0.2, 0) is 6.54 Å². The number of hydrogen-bond acceptors (Lipinski definition) is 4. The van der Waals surface area contributed by atoms with Crippen molar-refractivity contribution < 1.29 is 14.3 Å². The number of piperidine rings is 1. The number of nitrogens with zero attached hydrogens (tertiary/aromatic N) is 3. The van der Waals surface area contributed by atoms with Crippen LogP contribution in [0.2, 0.25) is 0 Å². The highest BCUT2D eigenvalue weighted by molar-refractivity contribution is 5.98. The Morgan fingerprint density at radius 1 is 1.33 bits per heavy atom. The van der Waals surface area contributed by atoms with Crippen molar-refractivity contribution in [2.45, 2.75) is 38.8 Å². The molecule has 0 bridgehead atoms. The summed E-state index contributed by atoms with van der Waals surface area (Å²) in [5.74, 6) is 1.24. The molecular formula is C18H21N3O3. The number of aromatic nitrogens is 2. The van der Waals surface area contributed by atoms with Crippen LogP contribution < -0.4 is 9.47 Å². The van der Waals surface area contributed by atoms with Crippen molar-refractivity contribution in [3.8, 4) is 11.5 Å². The van der Waals surface area contributed by atoms with Gasteiger partial charge >= 0.3 is 0 Å². The van der Waals surface area contributed by atoms with E-state index in [0.29, 0.717) is 17.1 Å². The third-order valence-corrected chi connectivity index (χ3v) is 4.68. The summed E-state index contributed by atoms with van der Waals surface area (Å²) in [6.45, 7) is 3.70. The SMILES string of the molecule is Cc1cnn(C[C@@H]2CCCCN2C(=O)c2cccc3c2OCO3)c1. The van der Waals surface area contributed by atoms with E-state index >= 15 is 0 Å². The summed E-state index contributed by atoms with van der Waals surface area (Å²) in [5, 5.41) is 4.37. The number of benzene rings is 1. The zero-order valence-corrected chi connectivity index (χ0v) is 13.8. The second kappa shape index (κ2) is 6.19. The highest BCUT2D eigenvalue weighted by atomic mass is 16.7. The van der Waals surface area contributed by atoms with E-state index in [1.54, 1.807) is 0 Å². The highest BCUT2D eigenvalue weighted by Gasteiger charge is 2.31. The van der Waals surface area contributed by atoms with Gasteiger partial charge in [-0.25, -0.2) is 0 Å². The quantitative estimate of drug-likeness (QED) is 0.869. The van der Waals surface area contributed by atoms with Crippen LogP contribution in [-0.4, -0.2) is 40.0 Å². The number of ether oxygens (including phenoxy) is 2. The molecule has 0 saturated carbocycles. The first-order valence-corrected chi connectivity index (χ1v) is 8.41. The summed E-state index contributed by atoms with van der Waals surface area (Å²) >= 11 is 0. The molecule has 1 fully saturated rings. The van der Waals surface area contributed by atoms with E-state index in [4.69, 9.17) is 9.47 Å². The standard InChI is InChI=1S/C18H21N3O3/c1-13-9-19-20(10-13)11-14-5-2-3-8-21(14)18(22)15-6-4-7-16-17(15)24-12-23-16/h4,6-7,9-10,14H,2-3,5,8,11-12H2,1H3/t14-/m0/s1. The lowest BCUT2D eigenvalue weighted by Crippen LogP contribution is -2.46. The summed E-state index contributed by atoms with van der Waals surface area (Å²) in [7, 11) is 0. The van der Waals surface area contributed by atoms with Gasteiger partial charge in [-0.05, 0) is 43.9 Å². The van der Waals surface area contributed by atoms with E-state index in [1.165, 1.54) is 0 Å². The number of likely N-dealkylation sites (tertiary alicyclic amines) is 1. The third kappa shape index (κ3) is 2.72. The Bertz CT molecular complexity index is 756. The van der Waals surface area contributed by atoms with Gasteiger partial charge in [-0.2, -0.15) is 5.10 Å². The Hall–Kier alpha value is -2.50. The fourth-order valence-corrected chi connectivity index (χ4v) is 3.49. The minimum atomic E-state index is 0.0194. The van der Waals surface area contributed by atoms with Crippen LogP contribution >= 0.6 is 0 Å². The summed E-state index contributed by atoms with van der Waals surface area (Å²) in [5.41, 5.74) is 1.73. The summed E-state index contributed by atoms with van der Waals surface area (Å²) < 4.78 is 12.8. The molecule has 1 aromatic heterocycles. The fourth-order valence-electron chi connectivity index (χ4n) is 3.49. The van der Waals surface area contributed by atoms with Gasteiger partial charge in [0.15, 0.2) is 11.5 Å². The van der Waals surface area contributed by atoms with E-state index in [-0.39, 0.29) is 18.7 Å². The number of para-hydroxylation sites is 1. The van der Waals surface area contributed by atoms with Gasteiger partial charge in [0.05, 0.1) is 24.3 Å². The number of fused-ring (bicyclic) bond motifs is 1. The molecule has 1 saturated heterocycles. The Kier molecular flexibility index (Phi) is 3.88. The normalized spacial score (nSPS) is 19.5. The predicted octanol–water partition coefficient (Wildman–Crippen LogP) is 2.62. The van der Waals surface area contributed by atoms with Gasteiger partial charge < -0.3 is 14.4 Å². The molecule has 2 aliphatic heterocycles. The second-order valence-electron chi connectivity index (χ2n) is 6.43. The lowest BCUT2D eigenvalue weighted by molar-refractivity contribution is 0.0579. The van der Waals surface area contributed by atoms with E-state index in [9.17, 15) is 4.79 Å². The molecule has 4 rings (SSSR count). The number of carbonyl (C=O) groups excluding carboxylic acids is 1. The Morgan fingerprint density at radius 3 is 3.08 bits per heavy atom. The maximum absolute atomic E-state index is 13.1. The van der Waals surface area contributed by atoms with Crippen LogP contribution in [0, 0.1) is 6.92 Å². The topological polar surface area (TPSA) is 56.6 Å².